The molecule has 38 heavy (non-hydrogen) atoms. The van der Waals surface area contributed by atoms with Crippen molar-refractivity contribution in [1.82, 2.24) is 0 Å². The minimum absolute atomic E-state index is 0.282. The van der Waals surface area contributed by atoms with Gasteiger partial charge >= 0.3 is 29.8 Å². The third kappa shape index (κ3) is 15.1. The van der Waals surface area contributed by atoms with E-state index in [1.54, 1.807) is 0 Å². The number of hydrogen-bond donors (Lipinski definition) is 3. The molecular weight excluding hydrogens is 508 g/mol. The average molecular weight is 543 g/mol. The van der Waals surface area contributed by atoms with Crippen molar-refractivity contribution in [3.05, 3.63) is 63.3 Å². The summed E-state index contributed by atoms with van der Waals surface area (Å²) >= 11 is 0. The van der Waals surface area contributed by atoms with Crippen molar-refractivity contribution in [2.24, 2.45) is 10.8 Å². The number of hydrogen-bond acceptors (Lipinski definition) is 13. The SMILES string of the molecule is C=CC(=O)OCC(CO)(CO)COC(=O)C=C.C=CC(=O)OCC(CO)(COC(=O)C=C)COC(=O)C=C. The lowest BCUT2D eigenvalue weighted by atomic mass is 9.92. The van der Waals surface area contributed by atoms with E-state index in [0.29, 0.717) is 0 Å². The zero-order valence-corrected chi connectivity index (χ0v) is 21.0. The summed E-state index contributed by atoms with van der Waals surface area (Å²) in [6.45, 7) is 13.0. The zero-order valence-electron chi connectivity index (χ0n) is 21.0. The summed E-state index contributed by atoms with van der Waals surface area (Å²) in [6.07, 6.45) is 4.72. The van der Waals surface area contributed by atoms with Crippen LogP contribution in [0.3, 0.4) is 0 Å². The highest BCUT2D eigenvalue weighted by Crippen LogP contribution is 2.20. The predicted octanol–water partition coefficient (Wildman–Crippen LogP) is -0.431. The monoisotopic (exact) mass is 542 g/mol. The Morgan fingerprint density at radius 3 is 0.789 bits per heavy atom. The van der Waals surface area contributed by atoms with E-state index in [0.717, 1.165) is 30.4 Å². The van der Waals surface area contributed by atoms with Crippen molar-refractivity contribution in [1.29, 1.82) is 0 Å². The molecule has 0 fully saturated rings. The molecule has 0 spiro atoms. The molecule has 0 radical (unpaired) electrons. The van der Waals surface area contributed by atoms with Crippen LogP contribution in [-0.4, -0.2) is 98.0 Å². The molecule has 0 heterocycles. The number of carbonyl (C=O) groups excluding carboxylic acids is 5. The summed E-state index contributed by atoms with van der Waals surface area (Å²) in [7, 11) is 0. The number of carbonyl (C=O) groups is 5. The molecule has 0 amide bonds. The lowest BCUT2D eigenvalue weighted by Crippen LogP contribution is -2.42. The average Bonchev–Trinajstić information content (AvgIpc) is 2.96. The maximum atomic E-state index is 11.1. The van der Waals surface area contributed by atoms with Crippen molar-refractivity contribution in [2.75, 3.05) is 52.9 Å². The molecule has 0 unspecified atom stereocenters. The molecule has 3 N–H and O–H groups in total. The minimum atomic E-state index is -1.28. The van der Waals surface area contributed by atoms with Gasteiger partial charge in [0.25, 0.3) is 0 Å². The van der Waals surface area contributed by atoms with E-state index >= 15 is 0 Å². The maximum absolute atomic E-state index is 11.1. The number of esters is 5. The summed E-state index contributed by atoms with van der Waals surface area (Å²) in [5, 5.41) is 27.8. The van der Waals surface area contributed by atoms with Crippen molar-refractivity contribution in [3.8, 4) is 0 Å². The van der Waals surface area contributed by atoms with Gasteiger partial charge in [0.2, 0.25) is 0 Å². The highest BCUT2D eigenvalue weighted by atomic mass is 16.6. The largest absolute Gasteiger partial charge is 0.462 e. The number of aliphatic hydroxyl groups excluding tert-OH is 3. The molecule has 0 aromatic rings. The first-order valence-corrected chi connectivity index (χ1v) is 10.7. The van der Waals surface area contributed by atoms with Crippen molar-refractivity contribution in [3.63, 3.8) is 0 Å². The van der Waals surface area contributed by atoms with Gasteiger partial charge in [-0.25, -0.2) is 24.0 Å². The Kier molecular flexibility index (Phi) is 19.0. The number of rotatable bonds is 18. The molecule has 0 atom stereocenters. The lowest BCUT2D eigenvalue weighted by molar-refractivity contribution is -0.159. The van der Waals surface area contributed by atoms with E-state index < -0.39 is 60.5 Å². The first-order chi connectivity index (χ1) is 18.0. The second-order valence-corrected chi connectivity index (χ2v) is 7.53. The maximum Gasteiger partial charge on any atom is 0.330 e. The summed E-state index contributed by atoms with van der Waals surface area (Å²) in [4.78, 5) is 55.0. The van der Waals surface area contributed by atoms with Crippen LogP contribution in [0.25, 0.3) is 0 Å². The van der Waals surface area contributed by atoms with E-state index in [1.807, 2.05) is 0 Å². The summed E-state index contributed by atoms with van der Waals surface area (Å²) in [5.41, 5.74) is -2.51. The van der Waals surface area contributed by atoms with Crippen LogP contribution in [0, 0.1) is 10.8 Å². The van der Waals surface area contributed by atoms with Gasteiger partial charge in [-0.2, -0.15) is 0 Å². The van der Waals surface area contributed by atoms with Gasteiger partial charge in [-0.15, -0.1) is 0 Å². The van der Waals surface area contributed by atoms with Gasteiger partial charge < -0.3 is 39.0 Å². The van der Waals surface area contributed by atoms with Gasteiger partial charge in [-0.3, -0.25) is 0 Å². The van der Waals surface area contributed by atoms with Gasteiger partial charge in [0.15, 0.2) is 0 Å². The summed E-state index contributed by atoms with van der Waals surface area (Å²) in [5.74, 6) is -3.55. The first kappa shape index (κ1) is 36.1. The minimum Gasteiger partial charge on any atom is -0.462 e. The highest BCUT2D eigenvalue weighted by Gasteiger charge is 2.35. The molecule has 0 aliphatic carbocycles. The van der Waals surface area contributed by atoms with Crippen LogP contribution >= 0.6 is 0 Å². The molecule has 0 bridgehead atoms. The second-order valence-electron chi connectivity index (χ2n) is 7.53. The third-order valence-corrected chi connectivity index (χ3v) is 4.44. The molecule has 0 saturated carbocycles. The molecule has 0 aliphatic heterocycles. The lowest BCUT2D eigenvalue weighted by Gasteiger charge is -2.29. The van der Waals surface area contributed by atoms with Crippen LogP contribution in [-0.2, 0) is 47.7 Å². The smallest absolute Gasteiger partial charge is 0.330 e. The van der Waals surface area contributed by atoms with Gasteiger partial charge in [0, 0.05) is 30.4 Å². The Morgan fingerprint density at radius 1 is 0.447 bits per heavy atom. The van der Waals surface area contributed by atoms with E-state index in [-0.39, 0.29) is 33.0 Å². The summed E-state index contributed by atoms with van der Waals surface area (Å²) in [6, 6.07) is 0. The normalized spacial score (nSPS) is 10.3. The molecule has 0 aromatic heterocycles. The Hall–Kier alpha value is -4.07. The number of aliphatic hydroxyl groups is 3. The van der Waals surface area contributed by atoms with Crippen LogP contribution in [0.15, 0.2) is 63.3 Å². The van der Waals surface area contributed by atoms with Crippen molar-refractivity contribution < 1.29 is 63.0 Å². The Balaban J connectivity index is 0. The quantitative estimate of drug-likeness (QED) is 0.115. The Bertz CT molecular complexity index is 770. The predicted molar refractivity (Wildman–Crippen MR) is 132 cm³/mol. The number of ether oxygens (including phenoxy) is 5. The molecule has 0 aliphatic rings. The fourth-order valence-corrected chi connectivity index (χ4v) is 1.95. The second kappa shape index (κ2) is 20.0. The van der Waals surface area contributed by atoms with Crippen LogP contribution in [0.1, 0.15) is 0 Å². The van der Waals surface area contributed by atoms with Gasteiger partial charge in [0.1, 0.15) is 33.0 Å². The fraction of sp³-hybridized carbons (Fsp3) is 0.400. The fourth-order valence-electron chi connectivity index (χ4n) is 1.95. The van der Waals surface area contributed by atoms with Crippen LogP contribution < -0.4 is 0 Å². The molecule has 0 rings (SSSR count). The topological polar surface area (TPSA) is 192 Å². The standard InChI is InChI=1S/C14H18O7.C11H16O6/c1-4-11(16)19-8-14(7-15,9-20-12(17)5-2)10-21-13(18)6-3;1-3-9(14)16-7-11(5-12,6-13)8-17-10(15)4-2/h4-6,15H,1-3,7-10H2;3-4,12-13H,1-2,5-8H2. The highest BCUT2D eigenvalue weighted by molar-refractivity contribution is 5.82. The summed E-state index contributed by atoms with van der Waals surface area (Å²) < 4.78 is 23.9. The van der Waals surface area contributed by atoms with Crippen LogP contribution in [0.5, 0.6) is 0 Å². The van der Waals surface area contributed by atoms with Gasteiger partial charge in [-0.05, 0) is 0 Å². The molecule has 0 saturated heterocycles. The molecule has 212 valence electrons. The zero-order chi connectivity index (χ0) is 29.6. The van der Waals surface area contributed by atoms with Crippen LogP contribution in [0.2, 0.25) is 0 Å². The first-order valence-electron chi connectivity index (χ1n) is 10.7. The Labute approximate surface area is 220 Å². The van der Waals surface area contributed by atoms with E-state index in [2.05, 4.69) is 32.9 Å². The third-order valence-electron chi connectivity index (χ3n) is 4.44. The van der Waals surface area contributed by atoms with E-state index in [9.17, 15) is 29.1 Å². The van der Waals surface area contributed by atoms with Crippen molar-refractivity contribution >= 4 is 29.8 Å². The van der Waals surface area contributed by atoms with Gasteiger partial charge in [0.05, 0.1) is 30.7 Å². The molecular formula is C25H34O13. The van der Waals surface area contributed by atoms with E-state index in [4.69, 9.17) is 33.9 Å². The van der Waals surface area contributed by atoms with Crippen molar-refractivity contribution in [2.45, 2.75) is 0 Å². The molecule has 13 heteroatoms. The van der Waals surface area contributed by atoms with Gasteiger partial charge in [-0.1, -0.05) is 32.9 Å². The van der Waals surface area contributed by atoms with E-state index in [1.165, 1.54) is 0 Å². The molecule has 0 aromatic carbocycles. The molecule has 13 nitrogen and oxygen atoms in total. The van der Waals surface area contributed by atoms with Crippen LogP contribution in [0.4, 0.5) is 0 Å². The Morgan fingerprint density at radius 2 is 0.632 bits per heavy atom.